The SMILES string of the molecule is COc1cc(C(=O)Nc2ccc(C(=O)C3Nc4ccccc4Cn4cccc43)cn2)cc(OC)c1OC. The fourth-order valence-corrected chi connectivity index (χ4v) is 4.43. The minimum absolute atomic E-state index is 0.119. The first-order valence-electron chi connectivity index (χ1n) is 11.6. The van der Waals surface area contributed by atoms with Crippen LogP contribution in [0.2, 0.25) is 0 Å². The number of carbonyl (C=O) groups is 2. The number of hydrogen-bond acceptors (Lipinski definition) is 7. The highest BCUT2D eigenvalue weighted by Gasteiger charge is 2.28. The molecule has 0 spiro atoms. The molecule has 2 N–H and O–H groups in total. The van der Waals surface area contributed by atoms with Gasteiger partial charge in [-0.2, -0.15) is 0 Å². The Balaban J connectivity index is 1.36. The van der Waals surface area contributed by atoms with Crippen LogP contribution in [-0.2, 0) is 6.54 Å². The van der Waals surface area contributed by atoms with Gasteiger partial charge in [0.15, 0.2) is 17.3 Å². The number of Topliss-reactive ketones (excluding diaryl/α,β-unsaturated/α-hetero) is 1. The van der Waals surface area contributed by atoms with E-state index in [0.29, 0.717) is 40.7 Å². The van der Waals surface area contributed by atoms with Gasteiger partial charge in [-0.3, -0.25) is 9.59 Å². The third-order valence-electron chi connectivity index (χ3n) is 6.30. The molecule has 37 heavy (non-hydrogen) atoms. The van der Waals surface area contributed by atoms with Crippen LogP contribution >= 0.6 is 0 Å². The highest BCUT2D eigenvalue weighted by molar-refractivity contribution is 6.05. The van der Waals surface area contributed by atoms with E-state index in [0.717, 1.165) is 16.9 Å². The summed E-state index contributed by atoms with van der Waals surface area (Å²) in [6.07, 6.45) is 3.44. The number of ether oxygens (including phenoxy) is 3. The summed E-state index contributed by atoms with van der Waals surface area (Å²) in [7, 11) is 4.46. The molecule has 0 fully saturated rings. The van der Waals surface area contributed by atoms with Crippen LogP contribution in [0.1, 0.15) is 38.0 Å². The van der Waals surface area contributed by atoms with Gasteiger partial charge in [-0.25, -0.2) is 4.98 Å². The molecule has 1 aliphatic heterocycles. The molecule has 9 heteroatoms. The first-order chi connectivity index (χ1) is 18.0. The highest BCUT2D eigenvalue weighted by Crippen LogP contribution is 2.38. The monoisotopic (exact) mass is 498 g/mol. The van der Waals surface area contributed by atoms with E-state index in [4.69, 9.17) is 14.2 Å². The Hall–Kier alpha value is -4.79. The molecule has 2 aromatic carbocycles. The van der Waals surface area contributed by atoms with Gasteiger partial charge in [-0.05, 0) is 48.0 Å². The van der Waals surface area contributed by atoms with Crippen LogP contribution in [0, 0.1) is 0 Å². The van der Waals surface area contributed by atoms with Crippen molar-refractivity contribution in [2.75, 3.05) is 32.0 Å². The van der Waals surface area contributed by atoms with E-state index in [1.165, 1.54) is 27.5 Å². The molecule has 188 valence electrons. The van der Waals surface area contributed by atoms with Gasteiger partial charge < -0.3 is 29.4 Å². The van der Waals surface area contributed by atoms with Crippen molar-refractivity contribution in [1.29, 1.82) is 0 Å². The lowest BCUT2D eigenvalue weighted by Crippen LogP contribution is -2.22. The maximum atomic E-state index is 13.5. The Labute approximate surface area is 214 Å². The average molecular weight is 499 g/mol. The molecule has 0 saturated carbocycles. The number of ketones is 1. The molecule has 0 saturated heterocycles. The number of nitrogens with zero attached hydrogens (tertiary/aromatic N) is 2. The minimum atomic E-state index is -0.569. The maximum absolute atomic E-state index is 13.5. The van der Waals surface area contributed by atoms with Gasteiger partial charge in [0.25, 0.3) is 5.91 Å². The summed E-state index contributed by atoms with van der Waals surface area (Å²) >= 11 is 0. The summed E-state index contributed by atoms with van der Waals surface area (Å²) in [6.45, 7) is 0.680. The fourth-order valence-electron chi connectivity index (χ4n) is 4.43. The zero-order chi connectivity index (χ0) is 25.9. The molecule has 0 bridgehead atoms. The zero-order valence-electron chi connectivity index (χ0n) is 20.6. The van der Waals surface area contributed by atoms with Crippen molar-refractivity contribution in [2.45, 2.75) is 12.6 Å². The summed E-state index contributed by atoms with van der Waals surface area (Å²) < 4.78 is 18.0. The van der Waals surface area contributed by atoms with Gasteiger partial charge >= 0.3 is 0 Å². The first kappa shape index (κ1) is 23.9. The molecular formula is C28H26N4O5. The number of nitrogens with one attached hydrogen (secondary N) is 2. The lowest BCUT2D eigenvalue weighted by molar-refractivity contribution is 0.0966. The molecule has 3 heterocycles. The smallest absolute Gasteiger partial charge is 0.257 e. The quantitative estimate of drug-likeness (QED) is 0.360. The van der Waals surface area contributed by atoms with E-state index in [-0.39, 0.29) is 5.78 Å². The van der Waals surface area contributed by atoms with Crippen molar-refractivity contribution in [3.63, 3.8) is 0 Å². The lowest BCUT2D eigenvalue weighted by atomic mass is 10.0. The number of para-hydroxylation sites is 1. The summed E-state index contributed by atoms with van der Waals surface area (Å²) in [5.41, 5.74) is 3.64. The summed E-state index contributed by atoms with van der Waals surface area (Å²) in [4.78, 5) is 30.7. The molecule has 2 aromatic heterocycles. The standard InChI is InChI=1S/C28H26N4O5/c1-35-22-13-19(14-23(36-2)27(22)37-3)28(34)31-24-11-10-17(15-29-24)26(33)25-21-9-6-12-32(21)16-18-7-4-5-8-20(18)30-25/h4-15,25,30H,16H2,1-3H3,(H,29,31,34). The molecular weight excluding hydrogens is 472 g/mol. The summed E-state index contributed by atoms with van der Waals surface area (Å²) in [5.74, 6) is 0.893. The Morgan fingerprint density at radius 3 is 2.38 bits per heavy atom. The van der Waals surface area contributed by atoms with Gasteiger partial charge in [0.2, 0.25) is 5.75 Å². The van der Waals surface area contributed by atoms with E-state index in [9.17, 15) is 9.59 Å². The Kier molecular flexibility index (Phi) is 6.51. The number of amides is 1. The zero-order valence-corrected chi connectivity index (χ0v) is 20.6. The lowest BCUT2D eigenvalue weighted by Gasteiger charge is -2.18. The van der Waals surface area contributed by atoms with Gasteiger partial charge in [0.05, 0.1) is 21.3 Å². The van der Waals surface area contributed by atoms with Crippen LogP contribution in [0.25, 0.3) is 0 Å². The van der Waals surface area contributed by atoms with Crippen LogP contribution in [-0.4, -0.2) is 42.6 Å². The second-order valence-corrected chi connectivity index (χ2v) is 8.46. The number of aromatic nitrogens is 2. The van der Waals surface area contributed by atoms with E-state index in [2.05, 4.69) is 20.2 Å². The van der Waals surface area contributed by atoms with Gasteiger partial charge in [-0.15, -0.1) is 0 Å². The van der Waals surface area contributed by atoms with Gasteiger partial charge in [-0.1, -0.05) is 18.2 Å². The largest absolute Gasteiger partial charge is 0.493 e. The van der Waals surface area contributed by atoms with E-state index < -0.39 is 11.9 Å². The van der Waals surface area contributed by atoms with Crippen molar-refractivity contribution >= 4 is 23.2 Å². The second kappa shape index (κ2) is 10.1. The molecule has 1 atom stereocenters. The Bertz CT molecular complexity index is 1440. The number of fused-ring (bicyclic) bond motifs is 2. The summed E-state index contributed by atoms with van der Waals surface area (Å²) in [6, 6.07) is 17.6. The summed E-state index contributed by atoms with van der Waals surface area (Å²) in [5, 5.41) is 6.14. The Morgan fingerprint density at radius 2 is 1.70 bits per heavy atom. The van der Waals surface area contributed by atoms with Crippen LogP contribution in [0.5, 0.6) is 17.2 Å². The van der Waals surface area contributed by atoms with Crippen LogP contribution in [0.3, 0.4) is 0 Å². The predicted molar refractivity (Wildman–Crippen MR) is 139 cm³/mol. The van der Waals surface area contributed by atoms with E-state index in [1.54, 1.807) is 24.3 Å². The molecule has 1 aliphatic rings. The third kappa shape index (κ3) is 4.58. The normalized spacial score (nSPS) is 13.9. The number of anilines is 2. The number of carbonyl (C=O) groups excluding carboxylic acids is 2. The molecule has 0 aliphatic carbocycles. The second-order valence-electron chi connectivity index (χ2n) is 8.46. The number of methoxy groups -OCH3 is 3. The van der Waals surface area contributed by atoms with Crippen LogP contribution in [0.4, 0.5) is 11.5 Å². The molecule has 4 aromatic rings. The molecule has 5 rings (SSSR count). The number of benzene rings is 2. The molecule has 0 radical (unpaired) electrons. The van der Waals surface area contributed by atoms with Crippen molar-refractivity contribution in [2.24, 2.45) is 0 Å². The van der Waals surface area contributed by atoms with Crippen molar-refractivity contribution in [3.8, 4) is 17.2 Å². The van der Waals surface area contributed by atoms with Gasteiger partial charge in [0, 0.05) is 41.4 Å². The average Bonchev–Trinajstić information content (AvgIpc) is 3.32. The molecule has 1 amide bonds. The van der Waals surface area contributed by atoms with E-state index >= 15 is 0 Å². The molecule has 9 nitrogen and oxygen atoms in total. The number of hydrogen-bond donors (Lipinski definition) is 2. The molecule has 1 unspecified atom stereocenters. The topological polar surface area (TPSA) is 104 Å². The van der Waals surface area contributed by atoms with E-state index in [1.807, 2.05) is 42.6 Å². The van der Waals surface area contributed by atoms with Crippen molar-refractivity contribution < 1.29 is 23.8 Å². The minimum Gasteiger partial charge on any atom is -0.493 e. The first-order valence-corrected chi connectivity index (χ1v) is 11.6. The highest BCUT2D eigenvalue weighted by atomic mass is 16.5. The van der Waals surface area contributed by atoms with Crippen LogP contribution in [0.15, 0.2) is 73.1 Å². The third-order valence-corrected chi connectivity index (χ3v) is 6.30. The number of rotatable bonds is 7. The van der Waals surface area contributed by atoms with Crippen LogP contribution < -0.4 is 24.8 Å². The number of pyridine rings is 1. The van der Waals surface area contributed by atoms with Crippen molar-refractivity contribution in [3.05, 3.63) is 95.4 Å². The fraction of sp³-hybridized carbons (Fsp3) is 0.179. The van der Waals surface area contributed by atoms with Gasteiger partial charge in [0.1, 0.15) is 11.9 Å². The Morgan fingerprint density at radius 1 is 0.946 bits per heavy atom. The predicted octanol–water partition coefficient (Wildman–Crippen LogP) is 4.56. The maximum Gasteiger partial charge on any atom is 0.257 e. The van der Waals surface area contributed by atoms with Crippen molar-refractivity contribution in [1.82, 2.24) is 9.55 Å².